The van der Waals surface area contributed by atoms with E-state index in [4.69, 9.17) is 5.73 Å². The fourth-order valence-electron chi connectivity index (χ4n) is 4.67. The van der Waals surface area contributed by atoms with Gasteiger partial charge in [0.05, 0.1) is 21.5 Å². The number of thiophene rings is 1. The smallest absolute Gasteiger partial charge is 0.258 e. The standard InChI is InChI=1S/C20H27N3OS/c21-20(24)18-10-16-17(11-22-12-19(16)25-18)23-9-8-14-6-4-2-1-3-5-7-15(14)13-23/h10-12,14-15H,1-9,13H2,(H2,21,24). The fraction of sp³-hybridized carbons (Fsp3) is 0.600. The fourth-order valence-corrected chi connectivity index (χ4v) is 5.57. The number of pyridine rings is 1. The van der Waals surface area contributed by atoms with Gasteiger partial charge in [-0.1, -0.05) is 38.5 Å². The van der Waals surface area contributed by atoms with E-state index in [1.54, 1.807) is 0 Å². The van der Waals surface area contributed by atoms with Crippen LogP contribution in [0, 0.1) is 11.8 Å². The Morgan fingerprint density at radius 2 is 1.84 bits per heavy atom. The monoisotopic (exact) mass is 357 g/mol. The number of hydrogen-bond donors (Lipinski definition) is 1. The number of primary amides is 1. The summed E-state index contributed by atoms with van der Waals surface area (Å²) in [6, 6.07) is 1.95. The SMILES string of the molecule is NC(=O)c1cc2c(N3CCC4CCCCCCCC4C3)cncc2s1. The first kappa shape index (κ1) is 16.8. The zero-order chi connectivity index (χ0) is 17.2. The molecular weight excluding hydrogens is 330 g/mol. The highest BCUT2D eigenvalue weighted by molar-refractivity contribution is 7.20. The summed E-state index contributed by atoms with van der Waals surface area (Å²) in [5.41, 5.74) is 6.66. The van der Waals surface area contributed by atoms with Crippen molar-refractivity contribution in [3.8, 4) is 0 Å². The minimum absolute atomic E-state index is 0.345. The van der Waals surface area contributed by atoms with Crippen LogP contribution in [0.25, 0.3) is 10.1 Å². The van der Waals surface area contributed by atoms with Crippen molar-refractivity contribution >= 4 is 33.0 Å². The molecule has 4 rings (SSSR count). The van der Waals surface area contributed by atoms with Crippen molar-refractivity contribution in [2.24, 2.45) is 17.6 Å². The lowest BCUT2D eigenvalue weighted by Gasteiger charge is -2.40. The zero-order valence-corrected chi connectivity index (χ0v) is 15.6. The van der Waals surface area contributed by atoms with E-state index in [1.807, 2.05) is 18.5 Å². The van der Waals surface area contributed by atoms with E-state index < -0.39 is 0 Å². The van der Waals surface area contributed by atoms with Crippen LogP contribution in [-0.2, 0) is 0 Å². The average Bonchev–Trinajstić information content (AvgIpc) is 3.09. The Labute approximate surface area is 153 Å². The molecule has 1 aliphatic heterocycles. The van der Waals surface area contributed by atoms with Gasteiger partial charge < -0.3 is 10.6 Å². The first-order valence-electron chi connectivity index (χ1n) is 9.64. The Kier molecular flexibility index (Phi) is 4.93. The van der Waals surface area contributed by atoms with Crippen LogP contribution >= 0.6 is 11.3 Å². The quantitative estimate of drug-likeness (QED) is 0.855. The van der Waals surface area contributed by atoms with Crippen LogP contribution in [0.1, 0.15) is 61.0 Å². The van der Waals surface area contributed by atoms with Gasteiger partial charge in [-0.2, -0.15) is 0 Å². The summed E-state index contributed by atoms with van der Waals surface area (Å²) < 4.78 is 1.06. The molecule has 1 saturated heterocycles. The van der Waals surface area contributed by atoms with Crippen molar-refractivity contribution in [3.63, 3.8) is 0 Å². The van der Waals surface area contributed by atoms with Crippen LogP contribution in [0.2, 0.25) is 0 Å². The van der Waals surface area contributed by atoms with Gasteiger partial charge in [0, 0.05) is 24.7 Å². The summed E-state index contributed by atoms with van der Waals surface area (Å²) in [5.74, 6) is 1.35. The van der Waals surface area contributed by atoms with Gasteiger partial charge in [-0.05, 0) is 30.7 Å². The minimum atomic E-state index is -0.345. The van der Waals surface area contributed by atoms with Crippen LogP contribution in [-0.4, -0.2) is 24.0 Å². The van der Waals surface area contributed by atoms with Crippen LogP contribution in [0.3, 0.4) is 0 Å². The van der Waals surface area contributed by atoms with Gasteiger partial charge in [-0.3, -0.25) is 9.78 Å². The molecule has 1 amide bonds. The summed E-state index contributed by atoms with van der Waals surface area (Å²) in [7, 11) is 0. The maximum atomic E-state index is 11.5. The molecular formula is C20H27N3OS. The van der Waals surface area contributed by atoms with Gasteiger partial charge in [-0.15, -0.1) is 11.3 Å². The average molecular weight is 358 g/mol. The lowest BCUT2D eigenvalue weighted by molar-refractivity contribution is 0.100. The molecule has 2 aromatic rings. The van der Waals surface area contributed by atoms with E-state index in [1.165, 1.54) is 68.4 Å². The van der Waals surface area contributed by atoms with E-state index in [2.05, 4.69) is 9.88 Å². The van der Waals surface area contributed by atoms with Gasteiger partial charge in [0.1, 0.15) is 0 Å². The van der Waals surface area contributed by atoms with E-state index in [0.717, 1.165) is 35.0 Å². The number of amides is 1. The van der Waals surface area contributed by atoms with E-state index in [9.17, 15) is 4.79 Å². The third kappa shape index (κ3) is 3.52. The number of anilines is 1. The molecule has 2 fully saturated rings. The molecule has 1 saturated carbocycles. The number of aromatic nitrogens is 1. The second-order valence-electron chi connectivity index (χ2n) is 7.65. The number of piperidine rings is 1. The van der Waals surface area contributed by atoms with Crippen molar-refractivity contribution < 1.29 is 4.79 Å². The van der Waals surface area contributed by atoms with Gasteiger partial charge in [-0.25, -0.2) is 0 Å². The minimum Gasteiger partial charge on any atom is -0.369 e. The van der Waals surface area contributed by atoms with Crippen LogP contribution < -0.4 is 10.6 Å². The Bertz CT molecular complexity index is 756. The van der Waals surface area contributed by atoms with Crippen molar-refractivity contribution in [2.45, 2.75) is 51.4 Å². The summed E-state index contributed by atoms with van der Waals surface area (Å²) in [6.07, 6.45) is 14.9. The third-order valence-corrected chi connectivity index (χ3v) is 7.13. The Balaban J connectivity index is 1.59. The van der Waals surface area contributed by atoms with Gasteiger partial charge >= 0.3 is 0 Å². The number of rotatable bonds is 2. The van der Waals surface area contributed by atoms with E-state index >= 15 is 0 Å². The zero-order valence-electron chi connectivity index (χ0n) is 14.7. The molecule has 0 aromatic carbocycles. The van der Waals surface area contributed by atoms with Crippen molar-refractivity contribution in [1.29, 1.82) is 0 Å². The highest BCUT2D eigenvalue weighted by atomic mass is 32.1. The first-order chi connectivity index (χ1) is 12.2. The number of fused-ring (bicyclic) bond motifs is 2. The third-order valence-electron chi connectivity index (χ3n) is 6.05. The second-order valence-corrected chi connectivity index (χ2v) is 8.73. The topological polar surface area (TPSA) is 59.2 Å². The van der Waals surface area contributed by atoms with E-state index in [-0.39, 0.29) is 5.91 Å². The molecule has 4 nitrogen and oxygen atoms in total. The lowest BCUT2D eigenvalue weighted by atomic mass is 9.80. The van der Waals surface area contributed by atoms with Crippen molar-refractivity contribution in [3.05, 3.63) is 23.3 Å². The molecule has 134 valence electrons. The maximum Gasteiger partial charge on any atom is 0.258 e. The summed E-state index contributed by atoms with van der Waals surface area (Å²) >= 11 is 1.45. The molecule has 3 heterocycles. The maximum absolute atomic E-state index is 11.5. The van der Waals surface area contributed by atoms with E-state index in [0.29, 0.717) is 4.88 Å². The van der Waals surface area contributed by atoms with Crippen LogP contribution in [0.4, 0.5) is 5.69 Å². The van der Waals surface area contributed by atoms with Crippen molar-refractivity contribution in [2.75, 3.05) is 18.0 Å². The molecule has 2 aromatic heterocycles. The number of carbonyl (C=O) groups excluding carboxylic acids is 1. The molecule has 2 unspecified atom stereocenters. The Morgan fingerprint density at radius 3 is 2.64 bits per heavy atom. The largest absolute Gasteiger partial charge is 0.369 e. The molecule has 0 spiro atoms. The normalized spacial score (nSPS) is 25.0. The van der Waals surface area contributed by atoms with Crippen LogP contribution in [0.5, 0.6) is 0 Å². The molecule has 2 aliphatic rings. The number of hydrogen-bond acceptors (Lipinski definition) is 4. The predicted octanol–water partition coefficient (Wildman–Crippen LogP) is 4.58. The molecule has 1 aliphatic carbocycles. The van der Waals surface area contributed by atoms with Gasteiger partial charge in [0.15, 0.2) is 0 Å². The summed E-state index contributed by atoms with van der Waals surface area (Å²) in [4.78, 5) is 19.1. The molecule has 5 heteroatoms. The highest BCUT2D eigenvalue weighted by Gasteiger charge is 2.30. The second kappa shape index (κ2) is 7.32. The molecule has 2 N–H and O–H groups in total. The number of nitrogens with two attached hydrogens (primary N) is 1. The lowest BCUT2D eigenvalue weighted by Crippen LogP contribution is -2.40. The molecule has 25 heavy (non-hydrogen) atoms. The van der Waals surface area contributed by atoms with Crippen LogP contribution in [0.15, 0.2) is 18.5 Å². The highest BCUT2D eigenvalue weighted by Crippen LogP contribution is 2.38. The van der Waals surface area contributed by atoms with Crippen molar-refractivity contribution in [1.82, 2.24) is 4.98 Å². The molecule has 0 radical (unpaired) electrons. The molecule has 0 bridgehead atoms. The van der Waals surface area contributed by atoms with Gasteiger partial charge in [0.2, 0.25) is 0 Å². The number of nitrogens with zero attached hydrogens (tertiary/aromatic N) is 2. The number of carbonyl (C=O) groups is 1. The summed E-state index contributed by atoms with van der Waals surface area (Å²) in [5, 5.41) is 1.13. The first-order valence-corrected chi connectivity index (χ1v) is 10.5. The van der Waals surface area contributed by atoms with Gasteiger partial charge in [0.25, 0.3) is 5.91 Å². The summed E-state index contributed by atoms with van der Waals surface area (Å²) in [6.45, 7) is 2.23. The molecule has 2 atom stereocenters. The Hall–Kier alpha value is -1.62. The Morgan fingerprint density at radius 1 is 1.08 bits per heavy atom. The predicted molar refractivity (Wildman–Crippen MR) is 104 cm³/mol.